The van der Waals surface area contributed by atoms with Crippen molar-refractivity contribution in [2.45, 2.75) is 56.0 Å². The van der Waals surface area contributed by atoms with Crippen LogP contribution in [0.4, 0.5) is 4.79 Å². The van der Waals surface area contributed by atoms with E-state index in [4.69, 9.17) is 16.4 Å². The number of aromatic amines is 1. The minimum atomic E-state index is -3.87. The number of amides is 2. The Morgan fingerprint density at radius 2 is 2.10 bits per heavy atom. The van der Waals surface area contributed by atoms with Gasteiger partial charge in [0.2, 0.25) is 0 Å². The topological polar surface area (TPSA) is 149 Å². The number of carbonyl (C=O) groups is 2. The fourth-order valence-electron chi connectivity index (χ4n) is 5.25. The van der Waals surface area contributed by atoms with E-state index in [1.807, 2.05) is 0 Å². The number of aromatic nitrogens is 2. The SMILES string of the molecule is CC1Cc2nc(C(=O)N3CCN(S(=O)(=O)c4cc5cc(Cl)ccc5[nH]4)CC3CCC3NOC(=O)N3)sc2CN1. The van der Waals surface area contributed by atoms with E-state index in [2.05, 4.69) is 33.0 Å². The molecular formula is C24H28ClN7O5S2. The number of rotatable bonds is 6. The molecule has 1 aromatic carbocycles. The quantitative estimate of drug-likeness (QED) is 0.340. The van der Waals surface area contributed by atoms with Crippen LogP contribution in [-0.4, -0.2) is 77.5 Å². The second kappa shape index (κ2) is 10.3. The van der Waals surface area contributed by atoms with E-state index >= 15 is 0 Å². The molecule has 3 aliphatic rings. The monoisotopic (exact) mass is 593 g/mol. The lowest BCUT2D eigenvalue weighted by molar-refractivity contribution is 0.0534. The van der Waals surface area contributed by atoms with Crippen LogP contribution in [0.1, 0.15) is 40.1 Å². The molecule has 2 fully saturated rings. The lowest BCUT2D eigenvalue weighted by Crippen LogP contribution is -2.56. The summed E-state index contributed by atoms with van der Waals surface area (Å²) in [6.45, 7) is 3.23. The second-order valence-electron chi connectivity index (χ2n) is 10.0. The van der Waals surface area contributed by atoms with Gasteiger partial charge in [-0.25, -0.2) is 18.2 Å². The highest BCUT2D eigenvalue weighted by Crippen LogP contribution is 2.29. The molecule has 3 aliphatic heterocycles. The normalized spacial score (nSPS) is 24.0. The Kier molecular flexibility index (Phi) is 7.02. The molecule has 2 aromatic heterocycles. The Morgan fingerprint density at radius 3 is 2.90 bits per heavy atom. The van der Waals surface area contributed by atoms with Crippen LogP contribution < -0.4 is 16.1 Å². The highest BCUT2D eigenvalue weighted by atomic mass is 35.5. The summed E-state index contributed by atoms with van der Waals surface area (Å²) in [6.07, 6.45) is 0.632. The van der Waals surface area contributed by atoms with Crippen LogP contribution in [0.25, 0.3) is 10.9 Å². The summed E-state index contributed by atoms with van der Waals surface area (Å²) in [5.74, 6) is -0.205. The van der Waals surface area contributed by atoms with Crippen LogP contribution in [-0.2, 0) is 27.8 Å². The van der Waals surface area contributed by atoms with E-state index in [1.54, 1.807) is 29.2 Å². The molecular weight excluding hydrogens is 566 g/mol. The van der Waals surface area contributed by atoms with Crippen LogP contribution in [0, 0.1) is 0 Å². The minimum Gasteiger partial charge on any atom is -0.352 e. The lowest BCUT2D eigenvalue weighted by atomic mass is 10.1. The zero-order valence-corrected chi connectivity index (χ0v) is 23.5. The predicted octanol–water partition coefficient (Wildman–Crippen LogP) is 2.18. The van der Waals surface area contributed by atoms with Crippen LogP contribution in [0.2, 0.25) is 5.02 Å². The number of sulfonamides is 1. The highest BCUT2D eigenvalue weighted by molar-refractivity contribution is 7.89. The molecule has 5 heterocycles. The molecule has 0 aliphatic carbocycles. The molecule has 208 valence electrons. The molecule has 0 radical (unpaired) electrons. The molecule has 15 heteroatoms. The van der Waals surface area contributed by atoms with E-state index in [1.165, 1.54) is 15.6 Å². The van der Waals surface area contributed by atoms with Crippen molar-refractivity contribution in [2.75, 3.05) is 19.6 Å². The van der Waals surface area contributed by atoms with Crippen molar-refractivity contribution in [3.63, 3.8) is 0 Å². The summed E-state index contributed by atoms with van der Waals surface area (Å²) in [6, 6.07) is 6.58. The lowest BCUT2D eigenvalue weighted by Gasteiger charge is -2.40. The van der Waals surface area contributed by atoms with Gasteiger partial charge in [-0.3, -0.25) is 4.79 Å². The molecule has 3 atom stereocenters. The number of hydrogen-bond acceptors (Lipinski definition) is 9. The smallest absolute Gasteiger partial charge is 0.352 e. The first-order chi connectivity index (χ1) is 18.7. The van der Waals surface area contributed by atoms with E-state index in [0.29, 0.717) is 46.4 Å². The number of hydrogen-bond donors (Lipinski definition) is 4. The van der Waals surface area contributed by atoms with Gasteiger partial charge in [0.25, 0.3) is 15.9 Å². The first-order valence-corrected chi connectivity index (χ1v) is 15.3. The Labute approximate surface area is 234 Å². The zero-order valence-electron chi connectivity index (χ0n) is 21.1. The average Bonchev–Trinajstić information content (AvgIpc) is 3.64. The van der Waals surface area contributed by atoms with E-state index < -0.39 is 28.3 Å². The van der Waals surface area contributed by atoms with Gasteiger partial charge in [-0.1, -0.05) is 11.6 Å². The fourth-order valence-corrected chi connectivity index (χ4v) is 7.91. The summed E-state index contributed by atoms with van der Waals surface area (Å²) >= 11 is 7.47. The molecule has 0 bridgehead atoms. The average molecular weight is 594 g/mol. The number of fused-ring (bicyclic) bond motifs is 2. The number of benzene rings is 1. The molecule has 2 saturated heterocycles. The summed E-state index contributed by atoms with van der Waals surface area (Å²) in [5.41, 5.74) is 4.23. The van der Waals surface area contributed by atoms with Crippen molar-refractivity contribution in [3.8, 4) is 0 Å². The Balaban J connectivity index is 1.24. The first kappa shape index (κ1) is 26.5. The van der Waals surface area contributed by atoms with E-state index in [-0.39, 0.29) is 30.6 Å². The maximum Gasteiger partial charge on any atom is 0.427 e. The molecule has 0 spiro atoms. The molecule has 12 nitrogen and oxygen atoms in total. The molecule has 39 heavy (non-hydrogen) atoms. The molecule has 0 saturated carbocycles. The maximum absolute atomic E-state index is 13.7. The largest absolute Gasteiger partial charge is 0.427 e. The van der Waals surface area contributed by atoms with Crippen LogP contribution in [0.15, 0.2) is 29.3 Å². The zero-order chi connectivity index (χ0) is 27.3. The summed E-state index contributed by atoms with van der Waals surface area (Å²) in [5, 5.41) is 7.75. The number of hydroxylamine groups is 1. The third-order valence-corrected chi connectivity index (χ3v) is 10.4. The number of thiazole rings is 1. The second-order valence-corrected chi connectivity index (χ2v) is 13.5. The Morgan fingerprint density at radius 1 is 1.26 bits per heavy atom. The van der Waals surface area contributed by atoms with Gasteiger partial charge in [0.05, 0.1) is 5.69 Å². The van der Waals surface area contributed by atoms with Crippen molar-refractivity contribution in [1.82, 2.24) is 35.3 Å². The third kappa shape index (κ3) is 5.24. The van der Waals surface area contributed by atoms with Gasteiger partial charge in [-0.2, -0.15) is 4.31 Å². The van der Waals surface area contributed by atoms with E-state index in [9.17, 15) is 18.0 Å². The molecule has 6 rings (SSSR count). The van der Waals surface area contributed by atoms with Crippen molar-refractivity contribution >= 4 is 55.9 Å². The number of piperazine rings is 1. The number of carbonyl (C=O) groups excluding carboxylic acids is 2. The van der Waals surface area contributed by atoms with Gasteiger partial charge in [-0.05, 0) is 44.0 Å². The van der Waals surface area contributed by atoms with E-state index in [0.717, 1.165) is 17.0 Å². The number of halogens is 1. The van der Waals surface area contributed by atoms with Gasteiger partial charge in [0.1, 0.15) is 11.2 Å². The third-order valence-electron chi connectivity index (χ3n) is 7.33. The first-order valence-electron chi connectivity index (χ1n) is 12.7. The van der Waals surface area contributed by atoms with Gasteiger partial charge < -0.3 is 25.4 Å². The van der Waals surface area contributed by atoms with Gasteiger partial charge in [0, 0.05) is 65.5 Å². The summed E-state index contributed by atoms with van der Waals surface area (Å²) < 4.78 is 28.7. The van der Waals surface area contributed by atoms with Crippen LogP contribution in [0.3, 0.4) is 0 Å². The fraction of sp³-hybridized carbons (Fsp3) is 0.458. The molecule has 2 amide bonds. The van der Waals surface area contributed by atoms with Crippen LogP contribution >= 0.6 is 22.9 Å². The number of nitrogens with one attached hydrogen (secondary N) is 4. The minimum absolute atomic E-state index is 0.0747. The highest BCUT2D eigenvalue weighted by Gasteiger charge is 2.39. The van der Waals surface area contributed by atoms with Gasteiger partial charge >= 0.3 is 6.09 Å². The van der Waals surface area contributed by atoms with Crippen LogP contribution in [0.5, 0.6) is 0 Å². The summed E-state index contributed by atoms with van der Waals surface area (Å²) in [4.78, 5) is 40.3. The molecule has 3 unspecified atom stereocenters. The Hall–Kier alpha value is -2.75. The summed E-state index contributed by atoms with van der Waals surface area (Å²) in [7, 11) is -3.87. The van der Waals surface area contributed by atoms with Crippen molar-refractivity contribution in [2.24, 2.45) is 0 Å². The number of H-pyrrole nitrogens is 1. The van der Waals surface area contributed by atoms with Crippen molar-refractivity contribution in [1.29, 1.82) is 0 Å². The Bertz CT molecular complexity index is 1540. The van der Waals surface area contributed by atoms with Gasteiger partial charge in [-0.15, -0.1) is 16.8 Å². The molecule has 3 aromatic rings. The van der Waals surface area contributed by atoms with Crippen molar-refractivity contribution < 1.29 is 22.8 Å². The van der Waals surface area contributed by atoms with Gasteiger partial charge in [0.15, 0.2) is 5.01 Å². The molecule has 4 N–H and O–H groups in total. The maximum atomic E-state index is 13.7. The predicted molar refractivity (Wildman–Crippen MR) is 145 cm³/mol. The van der Waals surface area contributed by atoms with Crippen molar-refractivity contribution in [3.05, 3.63) is 44.9 Å². The number of nitrogens with zero attached hydrogens (tertiary/aromatic N) is 3. The standard InChI is InChI=1S/C24H28ClN7O5S2/c1-13-8-18-19(11-26-13)38-22(28-18)23(33)32-7-6-31(12-16(32)3-5-20-29-24(34)37-30-20)39(35,36)21-10-14-9-15(25)2-4-17(14)27-21/h2,4,9-10,13,16,20,26-27,30H,3,5-8,11-12H2,1H3,(H,29,34).